The Balaban J connectivity index is 1.94. The van der Waals surface area contributed by atoms with Crippen LogP contribution in [0.4, 0.5) is 0 Å². The molecule has 0 saturated heterocycles. The maximum Gasteiger partial charge on any atom is 0.220 e. The number of nitrogens with zero attached hydrogens (tertiary/aromatic N) is 2. The smallest absolute Gasteiger partial charge is 0.220 e. The molecule has 2 aromatic heterocycles. The number of hydrogen-bond donors (Lipinski definition) is 0. The van der Waals surface area contributed by atoms with Crippen LogP contribution in [0.25, 0.3) is 23.3 Å². The maximum absolute atomic E-state index is 5.69. The number of hydrogen-bond acceptors (Lipinski definition) is 2. The van der Waals surface area contributed by atoms with Crippen molar-refractivity contribution in [3.05, 3.63) is 53.2 Å². The van der Waals surface area contributed by atoms with Crippen LogP contribution in [-0.4, -0.2) is 9.55 Å². The molecule has 20 heavy (non-hydrogen) atoms. The Labute approximate surface area is 118 Å². The van der Waals surface area contributed by atoms with Crippen LogP contribution < -0.4 is 0 Å². The lowest BCUT2D eigenvalue weighted by Crippen LogP contribution is -1.98. The molecule has 0 radical (unpaired) electrons. The SMILES string of the molecule is CCn1c(C)cc(C=Cc2nc3ccccc3o2)c1C. The molecule has 0 aliphatic heterocycles. The first kappa shape index (κ1) is 12.7. The normalized spacial score (nSPS) is 11.8. The fourth-order valence-corrected chi connectivity index (χ4v) is 2.61. The van der Waals surface area contributed by atoms with Gasteiger partial charge in [-0.2, -0.15) is 0 Å². The van der Waals surface area contributed by atoms with Crippen LogP contribution in [-0.2, 0) is 6.54 Å². The third kappa shape index (κ3) is 2.16. The summed E-state index contributed by atoms with van der Waals surface area (Å²) in [5.41, 5.74) is 5.49. The van der Waals surface area contributed by atoms with Crippen molar-refractivity contribution in [2.75, 3.05) is 0 Å². The summed E-state index contributed by atoms with van der Waals surface area (Å²) in [6.07, 6.45) is 4.00. The zero-order chi connectivity index (χ0) is 14.1. The molecule has 3 heteroatoms. The molecule has 0 aliphatic rings. The number of aryl methyl sites for hydroxylation is 1. The van der Waals surface area contributed by atoms with E-state index < -0.39 is 0 Å². The summed E-state index contributed by atoms with van der Waals surface area (Å²) >= 11 is 0. The van der Waals surface area contributed by atoms with Gasteiger partial charge in [-0.25, -0.2) is 4.98 Å². The van der Waals surface area contributed by atoms with Crippen molar-refractivity contribution in [1.29, 1.82) is 0 Å². The van der Waals surface area contributed by atoms with Crippen LogP contribution in [0, 0.1) is 13.8 Å². The van der Waals surface area contributed by atoms with E-state index in [-0.39, 0.29) is 0 Å². The molecule has 102 valence electrons. The highest BCUT2D eigenvalue weighted by atomic mass is 16.3. The number of benzene rings is 1. The maximum atomic E-state index is 5.69. The second kappa shape index (κ2) is 5.00. The summed E-state index contributed by atoms with van der Waals surface area (Å²) in [5.74, 6) is 0.646. The van der Waals surface area contributed by atoms with Crippen molar-refractivity contribution in [2.45, 2.75) is 27.3 Å². The van der Waals surface area contributed by atoms with E-state index >= 15 is 0 Å². The summed E-state index contributed by atoms with van der Waals surface area (Å²) in [4.78, 5) is 4.45. The van der Waals surface area contributed by atoms with Crippen molar-refractivity contribution in [3.8, 4) is 0 Å². The quantitative estimate of drug-likeness (QED) is 0.702. The first-order chi connectivity index (χ1) is 9.69. The number of para-hydroxylation sites is 2. The van der Waals surface area contributed by atoms with Crippen LogP contribution in [0.3, 0.4) is 0 Å². The molecule has 0 atom stereocenters. The fourth-order valence-electron chi connectivity index (χ4n) is 2.61. The van der Waals surface area contributed by atoms with Gasteiger partial charge >= 0.3 is 0 Å². The first-order valence-electron chi connectivity index (χ1n) is 6.89. The first-order valence-corrected chi connectivity index (χ1v) is 6.89. The molecular weight excluding hydrogens is 248 g/mol. The minimum Gasteiger partial charge on any atom is -0.437 e. The van der Waals surface area contributed by atoms with Crippen molar-refractivity contribution in [2.24, 2.45) is 0 Å². The molecule has 3 rings (SSSR count). The predicted octanol–water partition coefficient (Wildman–Crippen LogP) is 4.44. The highest BCUT2D eigenvalue weighted by Gasteiger charge is 2.06. The average molecular weight is 266 g/mol. The van der Waals surface area contributed by atoms with E-state index in [9.17, 15) is 0 Å². The van der Waals surface area contributed by atoms with E-state index in [0.29, 0.717) is 5.89 Å². The summed E-state index contributed by atoms with van der Waals surface area (Å²) in [6.45, 7) is 7.43. The van der Waals surface area contributed by atoms with Crippen molar-refractivity contribution >= 4 is 23.3 Å². The largest absolute Gasteiger partial charge is 0.437 e. The van der Waals surface area contributed by atoms with E-state index in [1.165, 1.54) is 17.0 Å². The highest BCUT2D eigenvalue weighted by Crippen LogP contribution is 2.20. The number of oxazole rings is 1. The van der Waals surface area contributed by atoms with Crippen LogP contribution in [0.2, 0.25) is 0 Å². The molecule has 0 aliphatic carbocycles. The summed E-state index contributed by atoms with van der Waals surface area (Å²) in [7, 11) is 0. The number of fused-ring (bicyclic) bond motifs is 1. The van der Waals surface area contributed by atoms with E-state index in [4.69, 9.17) is 4.42 Å². The van der Waals surface area contributed by atoms with Gasteiger partial charge in [0.2, 0.25) is 5.89 Å². The zero-order valence-electron chi connectivity index (χ0n) is 12.1. The Bertz CT molecular complexity index is 744. The Morgan fingerprint density at radius 2 is 2.00 bits per heavy atom. The fraction of sp³-hybridized carbons (Fsp3) is 0.235. The number of rotatable bonds is 3. The molecule has 0 saturated carbocycles. The van der Waals surface area contributed by atoms with Gasteiger partial charge in [0.05, 0.1) is 0 Å². The average Bonchev–Trinajstić information content (AvgIpc) is 2.97. The van der Waals surface area contributed by atoms with Crippen molar-refractivity contribution in [1.82, 2.24) is 9.55 Å². The lowest BCUT2D eigenvalue weighted by Gasteiger charge is -2.04. The van der Waals surface area contributed by atoms with E-state index in [1.54, 1.807) is 0 Å². The van der Waals surface area contributed by atoms with Crippen molar-refractivity contribution < 1.29 is 4.42 Å². The third-order valence-corrected chi connectivity index (χ3v) is 3.64. The van der Waals surface area contributed by atoms with Gasteiger partial charge in [-0.15, -0.1) is 0 Å². The van der Waals surface area contributed by atoms with Gasteiger partial charge in [0, 0.05) is 24.0 Å². The van der Waals surface area contributed by atoms with Crippen molar-refractivity contribution in [3.63, 3.8) is 0 Å². The summed E-state index contributed by atoms with van der Waals surface area (Å²) in [5, 5.41) is 0. The minimum absolute atomic E-state index is 0.646. The standard InChI is InChI=1S/C17H18N2O/c1-4-19-12(2)11-14(13(19)3)9-10-17-18-15-7-5-6-8-16(15)20-17/h5-11H,4H2,1-3H3. The van der Waals surface area contributed by atoms with Gasteiger partial charge in [0.15, 0.2) is 5.58 Å². The van der Waals surface area contributed by atoms with Gasteiger partial charge in [-0.1, -0.05) is 12.1 Å². The topological polar surface area (TPSA) is 31.0 Å². The van der Waals surface area contributed by atoms with Gasteiger partial charge in [-0.3, -0.25) is 0 Å². The Morgan fingerprint density at radius 1 is 1.20 bits per heavy atom. The molecular formula is C17H18N2O. The molecule has 0 bridgehead atoms. The lowest BCUT2D eigenvalue weighted by molar-refractivity contribution is 0.589. The molecule has 0 fully saturated rings. The second-order valence-corrected chi connectivity index (χ2v) is 4.92. The highest BCUT2D eigenvalue weighted by molar-refractivity contribution is 5.76. The Hall–Kier alpha value is -2.29. The minimum atomic E-state index is 0.646. The monoisotopic (exact) mass is 266 g/mol. The molecule has 2 heterocycles. The van der Waals surface area contributed by atoms with Crippen LogP contribution in [0.5, 0.6) is 0 Å². The van der Waals surface area contributed by atoms with Crippen LogP contribution in [0.15, 0.2) is 34.7 Å². The lowest BCUT2D eigenvalue weighted by atomic mass is 10.2. The molecule has 3 nitrogen and oxygen atoms in total. The molecule has 0 amide bonds. The van der Waals surface area contributed by atoms with E-state index in [1.807, 2.05) is 30.3 Å². The van der Waals surface area contributed by atoms with Gasteiger partial charge in [0.25, 0.3) is 0 Å². The number of aromatic nitrogens is 2. The van der Waals surface area contributed by atoms with Gasteiger partial charge in [0.1, 0.15) is 5.52 Å². The molecule has 3 aromatic rings. The molecule has 1 aromatic carbocycles. The van der Waals surface area contributed by atoms with Gasteiger partial charge in [-0.05, 0) is 50.6 Å². The molecule has 0 unspecified atom stereocenters. The zero-order valence-corrected chi connectivity index (χ0v) is 12.1. The van der Waals surface area contributed by atoms with Gasteiger partial charge < -0.3 is 8.98 Å². The summed E-state index contributed by atoms with van der Waals surface area (Å²) in [6, 6.07) is 10.0. The van der Waals surface area contributed by atoms with E-state index in [2.05, 4.69) is 42.5 Å². The molecule has 0 N–H and O–H groups in total. The predicted molar refractivity (Wildman–Crippen MR) is 82.5 cm³/mol. The third-order valence-electron chi connectivity index (χ3n) is 3.64. The Morgan fingerprint density at radius 3 is 2.70 bits per heavy atom. The second-order valence-electron chi connectivity index (χ2n) is 4.92. The van der Waals surface area contributed by atoms with Crippen LogP contribution in [0.1, 0.15) is 29.8 Å². The van der Waals surface area contributed by atoms with Crippen LogP contribution >= 0.6 is 0 Å². The Kier molecular flexibility index (Phi) is 3.18. The van der Waals surface area contributed by atoms with E-state index in [0.717, 1.165) is 17.6 Å². The molecule has 0 spiro atoms. The summed E-state index contributed by atoms with van der Waals surface area (Å²) < 4.78 is 7.99.